The van der Waals surface area contributed by atoms with Gasteiger partial charge in [-0.3, -0.25) is 40.7 Å². The van der Waals surface area contributed by atoms with Gasteiger partial charge in [-0.1, -0.05) is 41.6 Å². The first kappa shape index (κ1) is 27.8. The van der Waals surface area contributed by atoms with Crippen LogP contribution in [0.15, 0.2) is 101 Å². The lowest BCUT2D eigenvalue weighted by Gasteiger charge is -2.10. The maximum Gasteiger partial charge on any atom is 0.284 e. The second-order valence-corrected chi connectivity index (χ2v) is 9.61. The van der Waals surface area contributed by atoms with E-state index >= 15 is 0 Å². The summed E-state index contributed by atoms with van der Waals surface area (Å²) in [6.07, 6.45) is 0. The number of nitro benzene ring substituents is 2. The van der Waals surface area contributed by atoms with Crippen LogP contribution >= 0.6 is 11.8 Å². The zero-order chi connectivity index (χ0) is 28.6. The zero-order valence-corrected chi connectivity index (χ0v) is 21.8. The molecule has 202 valence electrons. The summed E-state index contributed by atoms with van der Waals surface area (Å²) in [5.41, 5.74) is 6.39. The van der Waals surface area contributed by atoms with Gasteiger partial charge in [-0.05, 0) is 61.0 Å². The van der Waals surface area contributed by atoms with Gasteiger partial charge in [0.1, 0.15) is 12.4 Å². The average molecular weight is 559 g/mol. The Balaban J connectivity index is 1.32. The lowest BCUT2D eigenvalue weighted by atomic mass is 10.1. The van der Waals surface area contributed by atoms with E-state index in [-0.39, 0.29) is 29.1 Å². The normalized spacial score (nSPS) is 10.4. The molecule has 0 fully saturated rings. The monoisotopic (exact) mass is 558 g/mol. The molecule has 0 saturated heterocycles. The minimum Gasteiger partial charge on any atom is -0.489 e. The standard InChI is InChI=1S/C28H22N4O7S/c1-18-2-13-24(14-3-18)40-26-15-8-21(16-25(26)32(37)38)28(34)30-29-27(33)20-6-4-19(5-7-20)17-39-23-11-9-22(10-12-23)31(35)36/h2-16H,17H2,1H3,(H,29,33)(H,30,34). The van der Waals surface area contributed by atoms with Gasteiger partial charge in [0.2, 0.25) is 0 Å². The van der Waals surface area contributed by atoms with Gasteiger partial charge in [-0.25, -0.2) is 0 Å². The molecule has 2 amide bonds. The molecule has 4 aromatic carbocycles. The summed E-state index contributed by atoms with van der Waals surface area (Å²) in [7, 11) is 0. The van der Waals surface area contributed by atoms with Crippen molar-refractivity contribution >= 4 is 35.0 Å². The Bertz CT molecular complexity index is 1560. The van der Waals surface area contributed by atoms with E-state index in [1.165, 1.54) is 60.3 Å². The molecule has 0 atom stereocenters. The molecule has 0 radical (unpaired) electrons. The Morgan fingerprint density at radius 1 is 0.775 bits per heavy atom. The topological polar surface area (TPSA) is 154 Å². The number of non-ortho nitro benzene ring substituents is 1. The number of hydrogen-bond donors (Lipinski definition) is 2. The van der Waals surface area contributed by atoms with Crippen LogP contribution in [0.5, 0.6) is 5.75 Å². The van der Waals surface area contributed by atoms with Crippen molar-refractivity contribution in [1.29, 1.82) is 0 Å². The molecule has 0 aromatic heterocycles. The highest BCUT2D eigenvalue weighted by Gasteiger charge is 2.19. The van der Waals surface area contributed by atoms with Crippen LogP contribution < -0.4 is 15.6 Å². The molecular formula is C28H22N4O7S. The third-order valence-corrected chi connectivity index (χ3v) is 6.70. The molecule has 0 saturated carbocycles. The van der Waals surface area contributed by atoms with Crippen molar-refractivity contribution in [2.45, 2.75) is 23.3 Å². The number of benzene rings is 4. The van der Waals surface area contributed by atoms with Crippen LogP contribution in [-0.2, 0) is 6.61 Å². The van der Waals surface area contributed by atoms with E-state index in [1.807, 2.05) is 31.2 Å². The maximum absolute atomic E-state index is 12.6. The summed E-state index contributed by atoms with van der Waals surface area (Å²) in [5.74, 6) is -0.842. The maximum atomic E-state index is 12.6. The third-order valence-electron chi connectivity index (χ3n) is 5.63. The summed E-state index contributed by atoms with van der Waals surface area (Å²) >= 11 is 1.22. The molecule has 2 N–H and O–H groups in total. The van der Waals surface area contributed by atoms with Gasteiger partial charge in [-0.2, -0.15) is 0 Å². The third kappa shape index (κ3) is 7.20. The van der Waals surface area contributed by atoms with Crippen molar-refractivity contribution in [2.24, 2.45) is 0 Å². The van der Waals surface area contributed by atoms with Crippen molar-refractivity contribution in [3.05, 3.63) is 133 Å². The summed E-state index contributed by atoms with van der Waals surface area (Å²) < 4.78 is 5.60. The van der Waals surface area contributed by atoms with Crippen LogP contribution in [0.1, 0.15) is 31.8 Å². The molecule has 12 heteroatoms. The number of amides is 2. The largest absolute Gasteiger partial charge is 0.489 e. The second-order valence-electron chi connectivity index (χ2n) is 8.50. The van der Waals surface area contributed by atoms with Gasteiger partial charge in [0.25, 0.3) is 23.2 Å². The minimum absolute atomic E-state index is 0.0130. The molecule has 0 spiro atoms. The molecule has 0 unspecified atom stereocenters. The first-order chi connectivity index (χ1) is 19.2. The molecule has 4 aromatic rings. The van der Waals surface area contributed by atoms with E-state index in [1.54, 1.807) is 12.1 Å². The van der Waals surface area contributed by atoms with Gasteiger partial charge in [0.05, 0.1) is 14.7 Å². The predicted octanol–water partition coefficient (Wildman–Crippen LogP) is 5.62. The Labute approximate surface area is 232 Å². The van der Waals surface area contributed by atoms with Gasteiger partial charge < -0.3 is 4.74 Å². The summed E-state index contributed by atoms with van der Waals surface area (Å²) in [6, 6.07) is 23.7. The number of nitrogens with one attached hydrogen (secondary N) is 2. The predicted molar refractivity (Wildman–Crippen MR) is 147 cm³/mol. The fraction of sp³-hybridized carbons (Fsp3) is 0.0714. The van der Waals surface area contributed by atoms with Crippen LogP contribution in [0.3, 0.4) is 0 Å². The number of hydrazine groups is 1. The Hall–Kier alpha value is -5.23. The average Bonchev–Trinajstić information content (AvgIpc) is 2.96. The van der Waals surface area contributed by atoms with Crippen LogP contribution in [0, 0.1) is 27.2 Å². The molecular weight excluding hydrogens is 536 g/mol. The summed E-state index contributed by atoms with van der Waals surface area (Å²) in [6.45, 7) is 2.12. The zero-order valence-electron chi connectivity index (χ0n) is 21.0. The van der Waals surface area contributed by atoms with E-state index < -0.39 is 21.7 Å². The van der Waals surface area contributed by atoms with E-state index in [4.69, 9.17) is 4.74 Å². The van der Waals surface area contributed by atoms with Crippen molar-refractivity contribution in [3.63, 3.8) is 0 Å². The molecule has 0 aliphatic carbocycles. The highest BCUT2D eigenvalue weighted by molar-refractivity contribution is 7.99. The smallest absolute Gasteiger partial charge is 0.284 e. The Morgan fingerprint density at radius 2 is 1.38 bits per heavy atom. The molecule has 0 aliphatic rings. The number of nitrogens with zero attached hydrogens (tertiary/aromatic N) is 2. The number of hydrogen-bond acceptors (Lipinski definition) is 8. The van der Waals surface area contributed by atoms with E-state index in [0.29, 0.717) is 10.6 Å². The lowest BCUT2D eigenvalue weighted by Crippen LogP contribution is -2.41. The molecule has 4 rings (SSSR count). The van der Waals surface area contributed by atoms with Crippen LogP contribution in [-0.4, -0.2) is 21.7 Å². The SMILES string of the molecule is Cc1ccc(Sc2ccc(C(=O)NNC(=O)c3ccc(COc4ccc([N+](=O)[O-])cc4)cc3)cc2[N+](=O)[O-])cc1. The van der Waals surface area contributed by atoms with E-state index in [0.717, 1.165) is 22.1 Å². The molecule has 0 aliphatic heterocycles. The van der Waals surface area contributed by atoms with E-state index in [9.17, 15) is 29.8 Å². The summed E-state index contributed by atoms with van der Waals surface area (Å²) in [4.78, 5) is 47.6. The Morgan fingerprint density at radius 3 is 1.98 bits per heavy atom. The first-order valence-electron chi connectivity index (χ1n) is 11.8. The van der Waals surface area contributed by atoms with Crippen LogP contribution in [0.4, 0.5) is 11.4 Å². The van der Waals surface area contributed by atoms with Gasteiger partial charge in [0, 0.05) is 34.2 Å². The van der Waals surface area contributed by atoms with Gasteiger partial charge in [0.15, 0.2) is 0 Å². The number of ether oxygens (including phenoxy) is 1. The molecule has 40 heavy (non-hydrogen) atoms. The van der Waals surface area contributed by atoms with Gasteiger partial charge >= 0.3 is 0 Å². The highest BCUT2D eigenvalue weighted by Crippen LogP contribution is 2.35. The second kappa shape index (κ2) is 12.5. The van der Waals surface area contributed by atoms with Crippen LogP contribution in [0.25, 0.3) is 0 Å². The van der Waals surface area contributed by atoms with Crippen LogP contribution in [0.2, 0.25) is 0 Å². The van der Waals surface area contributed by atoms with Crippen molar-refractivity contribution in [1.82, 2.24) is 10.9 Å². The molecule has 0 heterocycles. The number of rotatable bonds is 9. The minimum atomic E-state index is -0.712. The number of nitro groups is 2. The van der Waals surface area contributed by atoms with Crippen molar-refractivity contribution in [2.75, 3.05) is 0 Å². The molecule has 11 nitrogen and oxygen atoms in total. The quantitative estimate of drug-likeness (QED) is 0.198. The van der Waals surface area contributed by atoms with Crippen molar-refractivity contribution in [3.8, 4) is 5.75 Å². The molecule has 0 bridgehead atoms. The van der Waals surface area contributed by atoms with E-state index in [2.05, 4.69) is 10.9 Å². The van der Waals surface area contributed by atoms with Crippen molar-refractivity contribution < 1.29 is 24.2 Å². The first-order valence-corrected chi connectivity index (χ1v) is 12.6. The fourth-order valence-corrected chi connectivity index (χ4v) is 4.36. The summed E-state index contributed by atoms with van der Waals surface area (Å²) in [5, 5.41) is 22.4. The Kier molecular flexibility index (Phi) is 8.72. The van der Waals surface area contributed by atoms with Gasteiger partial charge in [-0.15, -0.1) is 0 Å². The fourth-order valence-electron chi connectivity index (χ4n) is 3.46. The lowest BCUT2D eigenvalue weighted by molar-refractivity contribution is -0.387. The highest BCUT2D eigenvalue weighted by atomic mass is 32.2. The number of carbonyl (C=O) groups is 2. The number of carbonyl (C=O) groups excluding carboxylic acids is 2. The number of aryl methyl sites for hydroxylation is 1.